The van der Waals surface area contributed by atoms with Crippen LogP contribution in [-0.4, -0.2) is 22.5 Å². The Hall–Kier alpha value is -0.760. The largest absolute Gasteiger partial charge is 0.288 e. The third-order valence-corrected chi connectivity index (χ3v) is 9.15. The van der Waals surface area contributed by atoms with Gasteiger partial charge in [-0.15, -0.1) is 0 Å². The molecule has 0 spiro atoms. The molecule has 0 aliphatic carbocycles. The number of hydrogen-bond donors (Lipinski definition) is 0. The van der Waals surface area contributed by atoms with Crippen LogP contribution in [0.3, 0.4) is 0 Å². The summed E-state index contributed by atoms with van der Waals surface area (Å²) in [5, 5.41) is 0.145. The van der Waals surface area contributed by atoms with Gasteiger partial charge >= 0.3 is 0 Å². The van der Waals surface area contributed by atoms with Gasteiger partial charge in [-0.2, -0.15) is 0 Å². The van der Waals surface area contributed by atoms with E-state index < -0.39 is 0 Å². The molecule has 1 aromatic rings. The predicted octanol–water partition coefficient (Wildman–Crippen LogP) is 8.62. The van der Waals surface area contributed by atoms with Crippen LogP contribution in [0, 0.1) is 5.41 Å². The maximum atomic E-state index is 13.6. The molecule has 0 aliphatic rings. The van der Waals surface area contributed by atoms with Crippen molar-refractivity contribution in [1.29, 1.82) is 0 Å². The summed E-state index contributed by atoms with van der Waals surface area (Å²) in [4.78, 5) is 13.6. The second-order valence-electron chi connectivity index (χ2n) is 9.96. The van der Waals surface area contributed by atoms with E-state index in [4.69, 9.17) is 0 Å². The lowest BCUT2D eigenvalue weighted by molar-refractivity contribution is 0.0948. The Morgan fingerprint density at radius 3 is 1.60 bits per heavy atom. The van der Waals surface area contributed by atoms with E-state index in [0.717, 1.165) is 5.56 Å². The van der Waals surface area contributed by atoms with Gasteiger partial charge in [0.25, 0.3) is 0 Å². The number of benzene rings is 1. The van der Waals surface area contributed by atoms with E-state index in [9.17, 15) is 4.79 Å². The van der Waals surface area contributed by atoms with E-state index in [1.165, 1.54) is 88.6 Å². The fourth-order valence-electron chi connectivity index (χ4n) is 4.27. The Morgan fingerprint density at radius 1 is 0.733 bits per heavy atom. The molecule has 1 rings (SSSR count). The van der Waals surface area contributed by atoms with Gasteiger partial charge in [-0.25, -0.2) is 0 Å². The SMILES string of the molecule is CCCCCCCC[S+](CCCCCCCC)C(C(=O)c1ccccc1)C(C)(C)C. The molecule has 1 atom stereocenters. The lowest BCUT2D eigenvalue weighted by Crippen LogP contribution is -2.44. The first kappa shape index (κ1) is 27.3. The van der Waals surface area contributed by atoms with Crippen molar-refractivity contribution in [2.24, 2.45) is 5.41 Å². The molecule has 30 heavy (non-hydrogen) atoms. The Morgan fingerprint density at radius 2 is 1.17 bits per heavy atom. The highest BCUT2D eigenvalue weighted by Crippen LogP contribution is 2.32. The van der Waals surface area contributed by atoms with Gasteiger partial charge < -0.3 is 0 Å². The molecule has 0 N–H and O–H groups in total. The van der Waals surface area contributed by atoms with Gasteiger partial charge in [0.05, 0.1) is 0 Å². The number of carbonyl (C=O) groups excluding carboxylic acids is 1. The van der Waals surface area contributed by atoms with Gasteiger partial charge in [-0.3, -0.25) is 4.79 Å². The first-order valence-electron chi connectivity index (χ1n) is 12.7. The van der Waals surface area contributed by atoms with E-state index in [-0.39, 0.29) is 21.6 Å². The van der Waals surface area contributed by atoms with Gasteiger partial charge in [-0.1, -0.05) is 116 Å². The molecule has 1 nitrogen and oxygen atoms in total. The third-order valence-electron chi connectivity index (χ3n) is 5.94. The molecule has 0 fully saturated rings. The summed E-state index contributed by atoms with van der Waals surface area (Å²) >= 11 is 0. The topological polar surface area (TPSA) is 17.1 Å². The molecule has 172 valence electrons. The van der Waals surface area contributed by atoms with Crippen LogP contribution in [0.25, 0.3) is 0 Å². The molecular formula is C28H49OS+. The van der Waals surface area contributed by atoms with E-state index in [0.29, 0.717) is 5.78 Å². The lowest BCUT2D eigenvalue weighted by atomic mass is 9.87. The van der Waals surface area contributed by atoms with Crippen LogP contribution in [0.5, 0.6) is 0 Å². The van der Waals surface area contributed by atoms with Crippen molar-refractivity contribution in [2.75, 3.05) is 11.5 Å². The first-order chi connectivity index (χ1) is 14.4. The number of Topliss-reactive ketones (excluding diaryl/α,β-unsaturated/α-hetero) is 1. The molecule has 0 aromatic heterocycles. The summed E-state index contributed by atoms with van der Waals surface area (Å²) in [6.45, 7) is 11.4. The van der Waals surface area contributed by atoms with E-state index in [1.54, 1.807) is 0 Å². The van der Waals surface area contributed by atoms with E-state index in [2.05, 4.69) is 34.6 Å². The Bertz CT molecular complexity index is 530. The van der Waals surface area contributed by atoms with Crippen molar-refractivity contribution in [3.05, 3.63) is 35.9 Å². The van der Waals surface area contributed by atoms with Crippen molar-refractivity contribution in [1.82, 2.24) is 0 Å². The molecule has 2 heteroatoms. The Labute approximate surface area is 191 Å². The van der Waals surface area contributed by atoms with Crippen molar-refractivity contribution in [2.45, 2.75) is 117 Å². The molecule has 1 aromatic carbocycles. The molecular weight excluding hydrogens is 384 g/mol. The predicted molar refractivity (Wildman–Crippen MR) is 138 cm³/mol. The number of rotatable bonds is 17. The van der Waals surface area contributed by atoms with Crippen molar-refractivity contribution >= 4 is 16.7 Å². The van der Waals surface area contributed by atoms with Crippen LogP contribution in [-0.2, 0) is 10.9 Å². The lowest BCUT2D eigenvalue weighted by Gasteiger charge is -2.29. The monoisotopic (exact) mass is 433 g/mol. The quantitative estimate of drug-likeness (QED) is 0.136. The van der Waals surface area contributed by atoms with E-state index >= 15 is 0 Å². The van der Waals surface area contributed by atoms with Gasteiger partial charge in [0.2, 0.25) is 5.78 Å². The molecule has 0 aliphatic heterocycles. The highest BCUT2D eigenvalue weighted by atomic mass is 32.2. The van der Waals surface area contributed by atoms with Crippen LogP contribution in [0.2, 0.25) is 0 Å². The molecule has 1 unspecified atom stereocenters. The average molecular weight is 434 g/mol. The molecule has 0 radical (unpaired) electrons. The summed E-state index contributed by atoms with van der Waals surface area (Å²) in [7, 11) is 0.174. The average Bonchev–Trinajstić information content (AvgIpc) is 2.72. The van der Waals surface area contributed by atoms with Crippen molar-refractivity contribution < 1.29 is 4.79 Å². The molecule has 0 saturated carbocycles. The highest BCUT2D eigenvalue weighted by molar-refractivity contribution is 7.98. The number of carbonyl (C=O) groups is 1. The van der Waals surface area contributed by atoms with Crippen LogP contribution in [0.15, 0.2) is 30.3 Å². The molecule has 0 heterocycles. The zero-order valence-electron chi connectivity index (χ0n) is 20.7. The van der Waals surface area contributed by atoms with Gasteiger partial charge in [0.15, 0.2) is 5.25 Å². The molecule has 0 amide bonds. The van der Waals surface area contributed by atoms with Crippen LogP contribution < -0.4 is 0 Å². The smallest absolute Gasteiger partial charge is 0.215 e. The second kappa shape index (κ2) is 16.0. The summed E-state index contributed by atoms with van der Waals surface area (Å²) in [6, 6.07) is 10.0. The van der Waals surface area contributed by atoms with Gasteiger partial charge in [-0.05, 0) is 36.6 Å². The fraction of sp³-hybridized carbons (Fsp3) is 0.750. The van der Waals surface area contributed by atoms with Crippen molar-refractivity contribution in [3.8, 4) is 0 Å². The summed E-state index contributed by atoms with van der Waals surface area (Å²) in [6.07, 6.45) is 16.0. The fourth-order valence-corrected chi connectivity index (χ4v) is 7.54. The first-order valence-corrected chi connectivity index (χ1v) is 14.3. The minimum absolute atomic E-state index is 0.0143. The Balaban J connectivity index is 2.79. The second-order valence-corrected chi connectivity index (χ2v) is 12.3. The minimum Gasteiger partial charge on any atom is -0.288 e. The maximum absolute atomic E-state index is 13.6. The number of unbranched alkanes of at least 4 members (excludes halogenated alkanes) is 10. The Kier molecular flexibility index (Phi) is 14.5. The standard InChI is InChI=1S/C28H49OS/c1-6-8-10-12-14-19-23-30(24-20-15-13-11-9-7-2)27(28(3,4)5)26(29)25-21-17-16-18-22-25/h16-18,21-22,27H,6-15,19-20,23-24H2,1-5H3/q+1. The molecule has 0 bridgehead atoms. The zero-order chi connectivity index (χ0) is 22.2. The maximum Gasteiger partial charge on any atom is 0.215 e. The number of hydrogen-bond acceptors (Lipinski definition) is 1. The van der Waals surface area contributed by atoms with Gasteiger partial charge in [0, 0.05) is 11.0 Å². The van der Waals surface area contributed by atoms with Crippen molar-refractivity contribution in [3.63, 3.8) is 0 Å². The minimum atomic E-state index is 0.0143. The molecule has 0 saturated heterocycles. The summed E-state index contributed by atoms with van der Waals surface area (Å²) < 4.78 is 0. The van der Waals surface area contributed by atoms with Gasteiger partial charge in [0.1, 0.15) is 11.5 Å². The number of ketones is 1. The normalized spacial score (nSPS) is 13.0. The van der Waals surface area contributed by atoms with Crippen LogP contribution in [0.1, 0.15) is 122 Å². The van der Waals surface area contributed by atoms with Crippen LogP contribution in [0.4, 0.5) is 0 Å². The van der Waals surface area contributed by atoms with E-state index in [1.807, 2.05) is 30.3 Å². The summed E-state index contributed by atoms with van der Waals surface area (Å²) in [5.74, 6) is 2.85. The third kappa shape index (κ3) is 11.0. The summed E-state index contributed by atoms with van der Waals surface area (Å²) in [5.41, 5.74) is 0.918. The van der Waals surface area contributed by atoms with Crippen LogP contribution >= 0.6 is 0 Å². The zero-order valence-corrected chi connectivity index (χ0v) is 21.5. The highest BCUT2D eigenvalue weighted by Gasteiger charge is 2.45.